The third-order valence-corrected chi connectivity index (χ3v) is 9.31. The molecule has 3 heterocycles. The zero-order valence-corrected chi connectivity index (χ0v) is 24.9. The molecule has 2 unspecified atom stereocenters. The van der Waals surface area contributed by atoms with E-state index in [-0.39, 0.29) is 31.6 Å². The largest absolute Gasteiger partial charge is 0.465 e. The van der Waals surface area contributed by atoms with Gasteiger partial charge in [0.1, 0.15) is 17.6 Å². The normalized spacial score (nSPS) is 28.0. The first-order chi connectivity index (χ1) is 19.7. The highest BCUT2D eigenvalue weighted by atomic mass is 16.6. The van der Waals surface area contributed by atoms with Crippen molar-refractivity contribution in [2.45, 2.75) is 89.4 Å². The Morgan fingerprint density at radius 1 is 1.15 bits per heavy atom. The van der Waals surface area contributed by atoms with Crippen molar-refractivity contribution in [3.8, 4) is 0 Å². The van der Waals surface area contributed by atoms with Gasteiger partial charge in [-0.25, -0.2) is 0 Å². The van der Waals surface area contributed by atoms with Crippen molar-refractivity contribution in [1.82, 2.24) is 4.90 Å². The fraction of sp³-hybridized carbons (Fsp3) is 0.606. The average molecular weight is 567 g/mol. The zero-order valence-electron chi connectivity index (χ0n) is 24.9. The van der Waals surface area contributed by atoms with Crippen molar-refractivity contribution in [2.24, 2.45) is 11.8 Å². The van der Waals surface area contributed by atoms with Crippen molar-refractivity contribution >= 4 is 23.5 Å². The lowest BCUT2D eigenvalue weighted by Gasteiger charge is -2.37. The Kier molecular flexibility index (Phi) is 9.75. The summed E-state index contributed by atoms with van der Waals surface area (Å²) in [5.41, 5.74) is 0.772. The van der Waals surface area contributed by atoms with E-state index in [2.05, 4.69) is 13.2 Å². The van der Waals surface area contributed by atoms with E-state index in [9.17, 15) is 19.5 Å². The van der Waals surface area contributed by atoms with Crippen LogP contribution in [0.5, 0.6) is 0 Å². The average Bonchev–Trinajstić information content (AvgIpc) is 3.56. The van der Waals surface area contributed by atoms with E-state index >= 15 is 0 Å². The highest BCUT2D eigenvalue weighted by Crippen LogP contribution is 2.64. The second kappa shape index (κ2) is 12.9. The number of ether oxygens (including phenoxy) is 2. The molecule has 0 saturated carbocycles. The van der Waals surface area contributed by atoms with Gasteiger partial charge in [-0.3, -0.25) is 14.4 Å². The molecule has 4 rings (SSSR count). The van der Waals surface area contributed by atoms with Crippen molar-refractivity contribution in [3.05, 3.63) is 54.6 Å². The molecule has 1 spiro atoms. The number of benzene rings is 1. The number of anilines is 1. The number of hydrogen-bond acceptors (Lipinski definition) is 6. The maximum Gasteiger partial charge on any atom is 0.312 e. The van der Waals surface area contributed by atoms with Crippen molar-refractivity contribution in [2.75, 3.05) is 31.2 Å². The van der Waals surface area contributed by atoms with Crippen molar-refractivity contribution < 1.29 is 29.0 Å². The number of aliphatic hydroxyl groups is 1. The number of carbonyl (C=O) groups is 3. The Labute approximate surface area is 244 Å². The number of amides is 2. The molecule has 2 bridgehead atoms. The Bertz CT molecular complexity index is 1150. The molecular formula is C33H46N2O6. The van der Waals surface area contributed by atoms with Gasteiger partial charge in [0.15, 0.2) is 0 Å². The number of likely N-dealkylation sites (tertiary alicyclic amines) is 1. The van der Waals surface area contributed by atoms with Gasteiger partial charge in [-0.05, 0) is 76.3 Å². The summed E-state index contributed by atoms with van der Waals surface area (Å²) in [6.45, 7) is 14.5. The molecule has 224 valence electrons. The van der Waals surface area contributed by atoms with Crippen LogP contribution >= 0.6 is 0 Å². The van der Waals surface area contributed by atoms with Crippen molar-refractivity contribution in [3.63, 3.8) is 0 Å². The van der Waals surface area contributed by atoms with Crippen LogP contribution in [0.3, 0.4) is 0 Å². The van der Waals surface area contributed by atoms with Gasteiger partial charge < -0.3 is 24.4 Å². The zero-order chi connectivity index (χ0) is 29.8. The van der Waals surface area contributed by atoms with E-state index in [1.807, 2.05) is 39.0 Å². The molecule has 1 N–H and O–H groups in total. The highest BCUT2D eigenvalue weighted by Gasteiger charge is 2.79. The molecule has 1 aromatic rings. The molecule has 2 amide bonds. The smallest absolute Gasteiger partial charge is 0.312 e. The van der Waals surface area contributed by atoms with Crippen LogP contribution in [0.25, 0.3) is 0 Å². The summed E-state index contributed by atoms with van der Waals surface area (Å²) in [6.07, 6.45) is 8.53. The molecule has 3 saturated heterocycles. The summed E-state index contributed by atoms with van der Waals surface area (Å²) >= 11 is 0. The lowest BCUT2D eigenvalue weighted by molar-refractivity contribution is -0.161. The number of allylic oxidation sites excluding steroid dienone is 1. The van der Waals surface area contributed by atoms with Crippen LogP contribution in [0.1, 0.15) is 69.4 Å². The molecule has 0 aliphatic carbocycles. The van der Waals surface area contributed by atoms with Gasteiger partial charge in [0.25, 0.3) is 5.91 Å². The molecule has 1 aromatic carbocycles. The number of rotatable bonds is 15. The first-order valence-corrected chi connectivity index (χ1v) is 15.1. The first kappa shape index (κ1) is 31.0. The molecule has 8 nitrogen and oxygen atoms in total. The summed E-state index contributed by atoms with van der Waals surface area (Å²) in [5.74, 6) is -2.38. The van der Waals surface area contributed by atoms with Crippen LogP contribution in [0.4, 0.5) is 5.69 Å². The van der Waals surface area contributed by atoms with Gasteiger partial charge in [0.05, 0.1) is 18.1 Å². The van der Waals surface area contributed by atoms with E-state index < -0.39 is 35.0 Å². The van der Waals surface area contributed by atoms with E-state index in [0.29, 0.717) is 45.1 Å². The number of aliphatic hydroxyl groups excluding tert-OH is 1. The first-order valence-electron chi connectivity index (χ1n) is 15.1. The summed E-state index contributed by atoms with van der Waals surface area (Å²) in [7, 11) is 0. The van der Waals surface area contributed by atoms with Crippen LogP contribution in [0, 0.1) is 25.7 Å². The number of para-hydroxylation sites is 1. The van der Waals surface area contributed by atoms with Gasteiger partial charge in [-0.1, -0.05) is 37.3 Å². The molecule has 5 atom stereocenters. The Hall–Kier alpha value is -2.97. The van der Waals surface area contributed by atoms with E-state index in [1.54, 1.807) is 22.0 Å². The number of aryl methyl sites for hydroxylation is 2. The Morgan fingerprint density at radius 2 is 1.88 bits per heavy atom. The van der Waals surface area contributed by atoms with E-state index in [1.165, 1.54) is 0 Å². The second-order valence-corrected chi connectivity index (χ2v) is 11.7. The molecule has 0 radical (unpaired) electrons. The summed E-state index contributed by atoms with van der Waals surface area (Å²) < 4.78 is 12.6. The van der Waals surface area contributed by atoms with E-state index in [4.69, 9.17) is 9.47 Å². The molecule has 3 aliphatic heterocycles. The van der Waals surface area contributed by atoms with Crippen molar-refractivity contribution in [1.29, 1.82) is 0 Å². The quantitative estimate of drug-likeness (QED) is 0.189. The standard InChI is InChI=1S/C33H46N2O6/c1-6-9-13-22-40-31(39)26-25-29(37)35(20-11-10-12-21-36)28(33(25)18-17-32(26,8-3)41-33)30(38)34(19-7-2)27-23(4)15-14-16-24(27)5/h6-7,14-16,25-26,28,36H,1-2,8-13,17-22H2,3-5H3/t25-,26-,28?,32+,33?/m0/s1. The van der Waals surface area contributed by atoms with Crippen LogP contribution in [0.15, 0.2) is 43.5 Å². The number of hydrogen-bond donors (Lipinski definition) is 1. The molecule has 8 heteroatoms. The fourth-order valence-corrected chi connectivity index (χ4v) is 7.46. The maximum atomic E-state index is 14.8. The number of unbranched alkanes of at least 4 members (excludes halogenated alkanes) is 3. The van der Waals surface area contributed by atoms with Gasteiger partial charge in [-0.15, -0.1) is 13.2 Å². The predicted molar refractivity (Wildman–Crippen MR) is 158 cm³/mol. The summed E-state index contributed by atoms with van der Waals surface area (Å²) in [4.78, 5) is 46.1. The SMILES string of the molecule is C=CCCCOC(=O)[C@@H]1[C@H]2C(=O)N(CCCCCO)C(C(=O)N(CC=C)c3c(C)cccc3C)C23CC[C@@]1(CC)O3. The van der Waals surface area contributed by atoms with Gasteiger partial charge >= 0.3 is 5.97 Å². The number of carbonyl (C=O) groups excluding carboxylic acids is 3. The highest BCUT2D eigenvalue weighted by molar-refractivity contribution is 6.05. The third-order valence-electron chi connectivity index (χ3n) is 9.31. The van der Waals surface area contributed by atoms with Crippen LogP contribution in [-0.2, 0) is 23.9 Å². The van der Waals surface area contributed by atoms with Crippen LogP contribution in [-0.4, -0.2) is 71.3 Å². The predicted octanol–water partition coefficient (Wildman–Crippen LogP) is 4.65. The topological polar surface area (TPSA) is 96.4 Å². The lowest BCUT2D eigenvalue weighted by atomic mass is 9.65. The van der Waals surface area contributed by atoms with Gasteiger partial charge in [0.2, 0.25) is 5.91 Å². The Morgan fingerprint density at radius 3 is 2.51 bits per heavy atom. The van der Waals surface area contributed by atoms with E-state index in [0.717, 1.165) is 29.7 Å². The summed E-state index contributed by atoms with van der Waals surface area (Å²) in [5, 5.41) is 9.30. The number of esters is 1. The minimum atomic E-state index is -1.11. The molecule has 41 heavy (non-hydrogen) atoms. The van der Waals surface area contributed by atoms with Gasteiger partial charge in [-0.2, -0.15) is 0 Å². The Balaban J connectivity index is 1.76. The molecule has 3 aliphatic rings. The fourth-order valence-electron chi connectivity index (χ4n) is 7.46. The lowest BCUT2D eigenvalue weighted by Crippen LogP contribution is -2.56. The minimum Gasteiger partial charge on any atom is -0.465 e. The van der Waals surface area contributed by atoms with Gasteiger partial charge in [0, 0.05) is 25.4 Å². The third kappa shape index (κ3) is 5.37. The number of nitrogens with zero attached hydrogens (tertiary/aromatic N) is 2. The number of fused-ring (bicyclic) bond motifs is 1. The maximum absolute atomic E-state index is 14.8. The summed E-state index contributed by atoms with van der Waals surface area (Å²) in [6, 6.07) is 5.03. The molecule has 3 fully saturated rings. The molecular weight excluding hydrogens is 520 g/mol. The monoisotopic (exact) mass is 566 g/mol. The minimum absolute atomic E-state index is 0.0739. The second-order valence-electron chi connectivity index (χ2n) is 11.7. The van der Waals surface area contributed by atoms with Crippen LogP contribution < -0.4 is 4.90 Å². The molecule has 0 aromatic heterocycles. The van der Waals surface area contributed by atoms with Crippen LogP contribution in [0.2, 0.25) is 0 Å².